The van der Waals surface area contributed by atoms with Crippen LogP contribution in [0.1, 0.15) is 33.4 Å². The molecular formula is C41H32O4. The van der Waals surface area contributed by atoms with Crippen molar-refractivity contribution in [1.82, 2.24) is 0 Å². The van der Waals surface area contributed by atoms with Crippen LogP contribution in [0.4, 0.5) is 0 Å². The van der Waals surface area contributed by atoms with Gasteiger partial charge in [-0.25, -0.2) is 0 Å². The van der Waals surface area contributed by atoms with Gasteiger partial charge in [-0.05, 0) is 33.4 Å². The van der Waals surface area contributed by atoms with Crippen molar-refractivity contribution in [2.24, 2.45) is 0 Å². The van der Waals surface area contributed by atoms with Crippen molar-refractivity contribution in [1.29, 1.82) is 0 Å². The minimum Gasteiger partial charge on any atom is -0.378 e. The van der Waals surface area contributed by atoms with Crippen LogP contribution in [0.3, 0.4) is 0 Å². The highest BCUT2D eigenvalue weighted by molar-refractivity contribution is 5.79. The Kier molecular flexibility index (Phi) is 6.56. The molecule has 8 rings (SSSR count). The van der Waals surface area contributed by atoms with Crippen LogP contribution >= 0.6 is 0 Å². The summed E-state index contributed by atoms with van der Waals surface area (Å²) in [6.45, 7) is 0. The third-order valence-electron chi connectivity index (χ3n) is 9.39. The van der Waals surface area contributed by atoms with Gasteiger partial charge in [0.2, 0.25) is 5.79 Å². The zero-order valence-electron chi connectivity index (χ0n) is 24.5. The summed E-state index contributed by atoms with van der Waals surface area (Å²) in [5.74, 6) is -1.39. The van der Waals surface area contributed by atoms with E-state index in [0.717, 1.165) is 22.3 Å². The van der Waals surface area contributed by atoms with Gasteiger partial charge in [-0.1, -0.05) is 170 Å². The summed E-state index contributed by atoms with van der Waals surface area (Å²) >= 11 is 0. The molecule has 6 aromatic rings. The molecule has 0 aromatic heterocycles. The van der Waals surface area contributed by atoms with E-state index in [-0.39, 0.29) is 0 Å². The molecule has 0 saturated carbocycles. The second-order valence-electron chi connectivity index (χ2n) is 11.8. The number of fused-ring (bicyclic) bond motifs is 5. The van der Waals surface area contributed by atoms with Gasteiger partial charge >= 0.3 is 0 Å². The summed E-state index contributed by atoms with van der Waals surface area (Å²) in [7, 11) is 0. The van der Waals surface area contributed by atoms with E-state index in [1.807, 2.05) is 158 Å². The predicted molar refractivity (Wildman–Crippen MR) is 174 cm³/mol. The Balaban J connectivity index is 1.45. The number of benzene rings is 6. The molecule has 1 aliphatic carbocycles. The summed E-state index contributed by atoms with van der Waals surface area (Å²) in [6, 6.07) is 54.3. The third-order valence-corrected chi connectivity index (χ3v) is 9.39. The first-order valence-corrected chi connectivity index (χ1v) is 15.3. The predicted octanol–water partition coefficient (Wildman–Crippen LogP) is 7.52. The minimum absolute atomic E-state index is 0.634. The first-order valence-electron chi connectivity index (χ1n) is 15.3. The fraction of sp³-hybridized carbons (Fsp3) is 0.122. The zero-order chi connectivity index (χ0) is 30.5. The Morgan fingerprint density at radius 2 is 0.644 bits per heavy atom. The van der Waals surface area contributed by atoms with Crippen molar-refractivity contribution < 1.29 is 19.7 Å². The van der Waals surface area contributed by atoms with Crippen LogP contribution in [0.15, 0.2) is 170 Å². The minimum atomic E-state index is -1.72. The second kappa shape index (κ2) is 10.7. The molecule has 1 fully saturated rings. The Morgan fingerprint density at radius 3 is 0.956 bits per heavy atom. The maximum atomic E-state index is 13.3. The van der Waals surface area contributed by atoms with Crippen molar-refractivity contribution in [2.45, 2.75) is 29.2 Å². The largest absolute Gasteiger partial charge is 0.378 e. The van der Waals surface area contributed by atoms with Crippen LogP contribution < -0.4 is 0 Å². The van der Waals surface area contributed by atoms with Gasteiger partial charge in [0.15, 0.2) is 0 Å². The van der Waals surface area contributed by atoms with E-state index >= 15 is 0 Å². The van der Waals surface area contributed by atoms with Crippen LogP contribution in [0.5, 0.6) is 0 Å². The van der Waals surface area contributed by atoms with Gasteiger partial charge in [0.1, 0.15) is 23.4 Å². The number of ether oxygens (including phenoxy) is 2. The standard InChI is InChI=1S/C41H32O4/c42-39(29-17-5-1-6-18-29,30-19-7-2-8-20-30)37-38(40(43,31-21-9-3-10-22-31)32-23-11-4-12-24-32)45-41(44-37)35-27-15-13-25-33(35)34-26-14-16-28-36(34)41/h1-28,37-38,42-43H. The molecule has 0 radical (unpaired) electrons. The van der Waals surface area contributed by atoms with E-state index in [1.165, 1.54) is 0 Å². The van der Waals surface area contributed by atoms with Crippen LogP contribution in [-0.2, 0) is 26.5 Å². The number of aliphatic hydroxyl groups is 2. The van der Waals surface area contributed by atoms with E-state index in [4.69, 9.17) is 9.47 Å². The molecular weight excluding hydrogens is 556 g/mol. The zero-order valence-corrected chi connectivity index (χ0v) is 24.5. The van der Waals surface area contributed by atoms with E-state index in [9.17, 15) is 10.2 Å². The van der Waals surface area contributed by atoms with Crippen molar-refractivity contribution in [2.75, 3.05) is 0 Å². The first-order chi connectivity index (χ1) is 22.1. The highest BCUT2D eigenvalue weighted by atomic mass is 16.8. The lowest BCUT2D eigenvalue weighted by atomic mass is 9.72. The molecule has 2 unspecified atom stereocenters. The van der Waals surface area contributed by atoms with Crippen molar-refractivity contribution >= 4 is 0 Å². The van der Waals surface area contributed by atoms with Crippen LogP contribution in [0, 0.1) is 0 Å². The quantitative estimate of drug-likeness (QED) is 0.211. The lowest BCUT2D eigenvalue weighted by Crippen LogP contribution is -2.54. The van der Waals surface area contributed by atoms with Gasteiger partial charge in [0.25, 0.3) is 0 Å². The smallest absolute Gasteiger partial charge is 0.224 e. The van der Waals surface area contributed by atoms with Crippen LogP contribution in [0.25, 0.3) is 11.1 Å². The average molecular weight is 589 g/mol. The molecule has 2 atom stereocenters. The maximum Gasteiger partial charge on any atom is 0.224 e. The van der Waals surface area contributed by atoms with Crippen molar-refractivity contribution in [3.63, 3.8) is 0 Å². The maximum absolute atomic E-state index is 13.3. The molecule has 1 aliphatic heterocycles. The SMILES string of the molecule is OC(c1ccccc1)(c1ccccc1)C1OC2(OC1C(O)(c1ccccc1)c1ccccc1)c1ccccc1-c1ccccc12. The van der Waals surface area contributed by atoms with Gasteiger partial charge in [0, 0.05) is 11.1 Å². The van der Waals surface area contributed by atoms with Gasteiger partial charge in [0.05, 0.1) is 0 Å². The molecule has 0 amide bonds. The molecule has 0 bridgehead atoms. The van der Waals surface area contributed by atoms with Gasteiger partial charge in [-0.2, -0.15) is 0 Å². The number of hydrogen-bond acceptors (Lipinski definition) is 4. The Labute approximate surface area is 262 Å². The highest BCUT2D eigenvalue weighted by Crippen LogP contribution is 2.60. The molecule has 220 valence electrons. The molecule has 6 aromatic carbocycles. The van der Waals surface area contributed by atoms with Crippen LogP contribution in [-0.4, -0.2) is 22.4 Å². The Bertz CT molecular complexity index is 1720. The normalized spacial score (nSPS) is 18.4. The summed E-state index contributed by atoms with van der Waals surface area (Å²) in [5.41, 5.74) is 2.77. The van der Waals surface area contributed by atoms with Gasteiger partial charge < -0.3 is 19.7 Å². The Morgan fingerprint density at radius 1 is 0.378 bits per heavy atom. The topological polar surface area (TPSA) is 58.9 Å². The summed E-state index contributed by atoms with van der Waals surface area (Å²) < 4.78 is 14.6. The molecule has 45 heavy (non-hydrogen) atoms. The molecule has 1 heterocycles. The van der Waals surface area contributed by atoms with Crippen LogP contribution in [0.2, 0.25) is 0 Å². The fourth-order valence-corrected chi connectivity index (χ4v) is 7.29. The number of hydrogen-bond donors (Lipinski definition) is 2. The molecule has 4 nitrogen and oxygen atoms in total. The lowest BCUT2D eigenvalue weighted by molar-refractivity contribution is -0.173. The highest BCUT2D eigenvalue weighted by Gasteiger charge is 2.66. The molecule has 4 heteroatoms. The Hall–Kier alpha value is -4.84. The van der Waals surface area contributed by atoms with Gasteiger partial charge in [-0.3, -0.25) is 0 Å². The fourth-order valence-electron chi connectivity index (χ4n) is 7.29. The number of rotatable bonds is 6. The first kappa shape index (κ1) is 27.7. The third kappa shape index (κ3) is 4.08. The molecule has 2 aliphatic rings. The molecule has 1 spiro atoms. The molecule has 2 N–H and O–H groups in total. The monoisotopic (exact) mass is 588 g/mol. The second-order valence-corrected chi connectivity index (χ2v) is 11.8. The van der Waals surface area contributed by atoms with E-state index in [2.05, 4.69) is 12.1 Å². The summed E-state index contributed by atoms with van der Waals surface area (Å²) in [4.78, 5) is 0. The van der Waals surface area contributed by atoms with Gasteiger partial charge in [-0.15, -0.1) is 0 Å². The van der Waals surface area contributed by atoms with E-state index in [0.29, 0.717) is 22.3 Å². The summed E-state index contributed by atoms with van der Waals surface area (Å²) in [6.07, 6.45) is -2.15. The van der Waals surface area contributed by atoms with E-state index < -0.39 is 29.2 Å². The lowest BCUT2D eigenvalue weighted by Gasteiger charge is -2.42. The molecule has 1 saturated heterocycles. The van der Waals surface area contributed by atoms with Crippen molar-refractivity contribution in [3.05, 3.63) is 203 Å². The summed E-state index contributed by atoms with van der Waals surface area (Å²) in [5, 5.41) is 26.6. The van der Waals surface area contributed by atoms with Crippen molar-refractivity contribution in [3.8, 4) is 11.1 Å². The average Bonchev–Trinajstić information content (AvgIpc) is 3.67. The van der Waals surface area contributed by atoms with E-state index in [1.54, 1.807) is 0 Å².